The molecular formula is C25H32FN3O3. The molecule has 32 heavy (non-hydrogen) atoms. The Balaban J connectivity index is 1.96. The fraction of sp³-hybridized carbons (Fsp3) is 0.400. The van der Waals surface area contributed by atoms with Crippen LogP contribution in [0.5, 0.6) is 11.6 Å². The molecule has 0 aliphatic carbocycles. The summed E-state index contributed by atoms with van der Waals surface area (Å²) in [7, 11) is 0. The molecule has 3 aromatic rings. The van der Waals surface area contributed by atoms with E-state index in [9.17, 15) is 9.50 Å². The summed E-state index contributed by atoms with van der Waals surface area (Å²) in [4.78, 5) is 2.15. The van der Waals surface area contributed by atoms with Gasteiger partial charge < -0.3 is 14.6 Å². The van der Waals surface area contributed by atoms with Crippen molar-refractivity contribution in [2.24, 2.45) is 0 Å². The smallest absolute Gasteiger partial charge is 0.227 e. The first-order valence-electron chi connectivity index (χ1n) is 11.1. The number of aliphatic hydroxyl groups excluding tert-OH is 1. The Morgan fingerprint density at radius 1 is 1.09 bits per heavy atom. The normalized spacial score (nSPS) is 12.3. The Morgan fingerprint density at radius 2 is 1.81 bits per heavy atom. The van der Waals surface area contributed by atoms with E-state index in [1.165, 1.54) is 6.07 Å². The number of para-hydroxylation sites is 2. The van der Waals surface area contributed by atoms with Gasteiger partial charge in [-0.15, -0.1) is 0 Å². The van der Waals surface area contributed by atoms with Crippen molar-refractivity contribution in [3.63, 3.8) is 0 Å². The molecule has 0 aliphatic heterocycles. The van der Waals surface area contributed by atoms with E-state index in [2.05, 4.69) is 11.8 Å². The van der Waals surface area contributed by atoms with Crippen LogP contribution in [0.4, 0.5) is 4.39 Å². The fourth-order valence-electron chi connectivity index (χ4n) is 3.58. The Labute approximate surface area is 189 Å². The molecule has 1 N–H and O–H groups in total. The summed E-state index contributed by atoms with van der Waals surface area (Å²) in [5.41, 5.74) is 2.47. The van der Waals surface area contributed by atoms with Crippen LogP contribution in [0.25, 0.3) is 5.69 Å². The largest absolute Gasteiger partial charge is 0.435 e. The van der Waals surface area contributed by atoms with Crippen molar-refractivity contribution >= 4 is 0 Å². The first kappa shape index (κ1) is 23.9. The highest BCUT2D eigenvalue weighted by atomic mass is 19.1. The molecule has 0 saturated heterocycles. The number of rotatable bonds is 12. The van der Waals surface area contributed by atoms with Gasteiger partial charge in [0.25, 0.3) is 0 Å². The monoisotopic (exact) mass is 441 g/mol. The minimum absolute atomic E-state index is 0.143. The first-order valence-corrected chi connectivity index (χ1v) is 11.1. The molecule has 0 aliphatic rings. The van der Waals surface area contributed by atoms with Crippen molar-refractivity contribution in [1.29, 1.82) is 0 Å². The van der Waals surface area contributed by atoms with Gasteiger partial charge in [-0.3, -0.25) is 4.90 Å². The van der Waals surface area contributed by atoms with E-state index in [4.69, 9.17) is 14.6 Å². The molecule has 0 amide bonds. The predicted octanol–water partition coefficient (Wildman–Crippen LogP) is 4.72. The molecule has 1 heterocycles. The zero-order chi connectivity index (χ0) is 22.9. The molecular weight excluding hydrogens is 409 g/mol. The van der Waals surface area contributed by atoms with Gasteiger partial charge in [-0.25, -0.2) is 9.07 Å². The third-order valence-corrected chi connectivity index (χ3v) is 5.09. The minimum atomic E-state index is -0.595. The van der Waals surface area contributed by atoms with E-state index in [1.54, 1.807) is 22.9 Å². The maximum absolute atomic E-state index is 14.4. The number of hydrogen-bond donors (Lipinski definition) is 1. The number of aryl methyl sites for hydroxylation is 1. The van der Waals surface area contributed by atoms with E-state index in [0.717, 1.165) is 29.9 Å². The van der Waals surface area contributed by atoms with Crippen molar-refractivity contribution < 1.29 is 19.0 Å². The molecule has 3 rings (SSSR count). The zero-order valence-electron chi connectivity index (χ0n) is 19.0. The molecule has 6 nitrogen and oxygen atoms in total. The summed E-state index contributed by atoms with van der Waals surface area (Å²) in [6.07, 6.45) is 0.332. The summed E-state index contributed by atoms with van der Waals surface area (Å²) < 4.78 is 27.6. The number of benzene rings is 2. The van der Waals surface area contributed by atoms with Gasteiger partial charge in [0.1, 0.15) is 0 Å². The van der Waals surface area contributed by atoms with Crippen LogP contribution in [0.3, 0.4) is 0 Å². The Morgan fingerprint density at radius 3 is 2.50 bits per heavy atom. The van der Waals surface area contributed by atoms with E-state index in [-0.39, 0.29) is 12.4 Å². The van der Waals surface area contributed by atoms with Gasteiger partial charge in [0.2, 0.25) is 5.88 Å². The maximum atomic E-state index is 14.4. The molecule has 1 atom stereocenters. The van der Waals surface area contributed by atoms with Crippen LogP contribution in [-0.4, -0.2) is 52.2 Å². The minimum Gasteiger partial charge on any atom is -0.435 e. The second-order valence-corrected chi connectivity index (χ2v) is 7.70. The Hall–Kier alpha value is -2.74. The zero-order valence-corrected chi connectivity index (χ0v) is 19.0. The highest BCUT2D eigenvalue weighted by molar-refractivity contribution is 5.43. The maximum Gasteiger partial charge on any atom is 0.227 e. The van der Waals surface area contributed by atoms with Gasteiger partial charge in [0.15, 0.2) is 11.6 Å². The first-order chi connectivity index (χ1) is 15.5. The lowest BCUT2D eigenvalue weighted by molar-refractivity contribution is 0.0195. The number of aliphatic hydroxyl groups is 1. The second kappa shape index (κ2) is 11.8. The van der Waals surface area contributed by atoms with Gasteiger partial charge >= 0.3 is 0 Å². The number of halogens is 1. The molecule has 2 aromatic carbocycles. The van der Waals surface area contributed by atoms with Gasteiger partial charge in [0.05, 0.1) is 29.7 Å². The summed E-state index contributed by atoms with van der Waals surface area (Å²) >= 11 is 0. The predicted molar refractivity (Wildman–Crippen MR) is 123 cm³/mol. The van der Waals surface area contributed by atoms with Crippen molar-refractivity contribution in [3.05, 3.63) is 71.7 Å². The van der Waals surface area contributed by atoms with Gasteiger partial charge in [-0.1, -0.05) is 37.3 Å². The quantitative estimate of drug-likeness (QED) is 0.441. The molecule has 0 bridgehead atoms. The standard InChI is InChI=1S/C25H32FN3O3/c1-4-15-28(16-21(30)18-31-5-2)17-22-19(3)27-29(20-11-7-6-8-12-20)25(22)32-24-14-10-9-13-23(24)26/h6-14,21,30H,4-5,15-18H2,1-3H3/t21-/m0/s1. The van der Waals surface area contributed by atoms with Crippen molar-refractivity contribution in [1.82, 2.24) is 14.7 Å². The number of hydrogen-bond acceptors (Lipinski definition) is 5. The highest BCUT2D eigenvalue weighted by Gasteiger charge is 2.23. The number of nitrogens with zero attached hydrogens (tertiary/aromatic N) is 3. The number of ether oxygens (including phenoxy) is 2. The third-order valence-electron chi connectivity index (χ3n) is 5.09. The summed E-state index contributed by atoms with van der Waals surface area (Å²) in [5, 5.41) is 15.1. The topological polar surface area (TPSA) is 59.8 Å². The average molecular weight is 442 g/mol. The molecule has 7 heteroatoms. The van der Waals surface area contributed by atoms with Crippen LogP contribution >= 0.6 is 0 Å². The molecule has 1 aromatic heterocycles. The molecule has 172 valence electrons. The Kier molecular flexibility index (Phi) is 8.79. The van der Waals surface area contributed by atoms with Crippen LogP contribution in [0.1, 0.15) is 31.5 Å². The molecule has 0 fully saturated rings. The van der Waals surface area contributed by atoms with E-state index in [0.29, 0.717) is 25.6 Å². The van der Waals surface area contributed by atoms with Crippen LogP contribution in [0.2, 0.25) is 0 Å². The van der Waals surface area contributed by atoms with E-state index >= 15 is 0 Å². The lowest BCUT2D eigenvalue weighted by Gasteiger charge is -2.25. The third kappa shape index (κ3) is 6.16. The van der Waals surface area contributed by atoms with Gasteiger partial charge in [-0.2, -0.15) is 5.10 Å². The van der Waals surface area contributed by atoms with Gasteiger partial charge in [0, 0.05) is 19.7 Å². The lowest BCUT2D eigenvalue weighted by Crippen LogP contribution is -2.35. The van der Waals surface area contributed by atoms with Gasteiger partial charge in [-0.05, 0) is 51.1 Å². The van der Waals surface area contributed by atoms with Crippen molar-refractivity contribution in [3.8, 4) is 17.3 Å². The summed E-state index contributed by atoms with van der Waals surface area (Å²) in [5.74, 6) is 0.179. The van der Waals surface area contributed by atoms with Crippen molar-refractivity contribution in [2.45, 2.75) is 39.8 Å². The van der Waals surface area contributed by atoms with Crippen LogP contribution in [0.15, 0.2) is 54.6 Å². The van der Waals surface area contributed by atoms with Crippen LogP contribution in [-0.2, 0) is 11.3 Å². The lowest BCUT2D eigenvalue weighted by atomic mass is 10.2. The average Bonchev–Trinajstić information content (AvgIpc) is 3.09. The van der Waals surface area contributed by atoms with Crippen LogP contribution in [0, 0.1) is 12.7 Å². The molecule has 0 spiro atoms. The van der Waals surface area contributed by atoms with E-state index in [1.807, 2.05) is 44.2 Å². The molecule has 0 unspecified atom stereocenters. The van der Waals surface area contributed by atoms with Crippen molar-refractivity contribution in [2.75, 3.05) is 26.3 Å². The summed E-state index contributed by atoms with van der Waals surface area (Å²) in [6, 6.07) is 16.0. The SMILES string of the molecule is CCCN(Cc1c(C)nn(-c2ccccc2)c1Oc1ccccc1F)C[C@H](O)COCC. The second-order valence-electron chi connectivity index (χ2n) is 7.70. The molecule has 0 radical (unpaired) electrons. The van der Waals surface area contributed by atoms with E-state index < -0.39 is 11.9 Å². The Bertz CT molecular complexity index is 978. The number of aromatic nitrogens is 2. The summed E-state index contributed by atoms with van der Waals surface area (Å²) in [6.45, 7) is 8.54. The van der Waals surface area contributed by atoms with Crippen LogP contribution < -0.4 is 4.74 Å². The molecule has 0 saturated carbocycles. The fourth-order valence-corrected chi connectivity index (χ4v) is 3.58. The highest BCUT2D eigenvalue weighted by Crippen LogP contribution is 2.32.